The summed E-state index contributed by atoms with van der Waals surface area (Å²) in [4.78, 5) is 0. The molecule has 2 rings (SSSR count). The Morgan fingerprint density at radius 1 is 1.41 bits per heavy atom. The van der Waals surface area contributed by atoms with E-state index < -0.39 is 0 Å². The molecule has 1 aliphatic rings. The van der Waals surface area contributed by atoms with E-state index in [9.17, 15) is 4.39 Å². The average Bonchev–Trinajstić information content (AvgIpc) is 2.35. The van der Waals surface area contributed by atoms with Gasteiger partial charge in [0.15, 0.2) is 11.6 Å². The summed E-state index contributed by atoms with van der Waals surface area (Å²) in [6.07, 6.45) is 3.52. The summed E-state index contributed by atoms with van der Waals surface area (Å²) in [6.45, 7) is 3.03. The van der Waals surface area contributed by atoms with Crippen LogP contribution in [0.25, 0.3) is 0 Å². The molecule has 0 saturated heterocycles. The van der Waals surface area contributed by atoms with Gasteiger partial charge < -0.3 is 15.4 Å². The summed E-state index contributed by atoms with van der Waals surface area (Å²) < 4.78 is 18.5. The van der Waals surface area contributed by atoms with Crippen molar-refractivity contribution in [3.8, 4) is 5.75 Å². The quantitative estimate of drug-likeness (QED) is 0.845. The number of rotatable bonds is 4. The highest BCUT2D eigenvalue weighted by molar-refractivity contribution is 5.73. The smallest absolute Gasteiger partial charge is 0.167 e. The Balaban J connectivity index is 2.13. The van der Waals surface area contributed by atoms with E-state index in [2.05, 4.69) is 17.6 Å². The van der Waals surface area contributed by atoms with Gasteiger partial charge in [-0.25, -0.2) is 4.39 Å². The topological polar surface area (TPSA) is 33.3 Å². The molecule has 1 heterocycles. The van der Waals surface area contributed by atoms with Gasteiger partial charge in [0.1, 0.15) is 0 Å². The van der Waals surface area contributed by atoms with E-state index in [4.69, 9.17) is 4.74 Å². The van der Waals surface area contributed by atoms with E-state index in [0.717, 1.165) is 24.3 Å². The second-order valence-corrected chi connectivity index (χ2v) is 4.40. The molecule has 3 nitrogen and oxygen atoms in total. The molecule has 17 heavy (non-hydrogen) atoms. The first kappa shape index (κ1) is 12.0. The zero-order valence-electron chi connectivity index (χ0n) is 10.3. The predicted octanol–water partition coefficient (Wildman–Crippen LogP) is 3.23. The molecule has 94 valence electrons. The van der Waals surface area contributed by atoms with E-state index in [-0.39, 0.29) is 11.6 Å². The third kappa shape index (κ3) is 2.62. The summed E-state index contributed by atoms with van der Waals surface area (Å²) in [5, 5.41) is 6.68. The van der Waals surface area contributed by atoms with Crippen LogP contribution in [0.2, 0.25) is 0 Å². The number of fused-ring (bicyclic) bond motifs is 1. The van der Waals surface area contributed by atoms with Gasteiger partial charge >= 0.3 is 0 Å². The van der Waals surface area contributed by atoms with Crippen LogP contribution in [0.15, 0.2) is 12.1 Å². The molecule has 0 aliphatic carbocycles. The number of benzene rings is 1. The Kier molecular flexibility index (Phi) is 3.71. The van der Waals surface area contributed by atoms with Gasteiger partial charge in [-0.05, 0) is 6.42 Å². The number of ether oxygens (including phenoxy) is 1. The average molecular weight is 238 g/mol. The Morgan fingerprint density at radius 3 is 2.94 bits per heavy atom. The van der Waals surface area contributed by atoms with Crippen molar-refractivity contribution in [2.24, 2.45) is 0 Å². The third-order valence-electron chi connectivity index (χ3n) is 3.10. The van der Waals surface area contributed by atoms with Crippen molar-refractivity contribution in [2.45, 2.75) is 32.2 Å². The van der Waals surface area contributed by atoms with Crippen LogP contribution < -0.4 is 15.4 Å². The van der Waals surface area contributed by atoms with Gasteiger partial charge in [0.05, 0.1) is 18.5 Å². The fraction of sp³-hybridized carbons (Fsp3) is 0.538. The molecule has 2 N–H and O–H groups in total. The normalized spacial score (nSPS) is 17.9. The lowest BCUT2D eigenvalue weighted by Crippen LogP contribution is -2.32. The molecule has 0 bridgehead atoms. The first-order valence-corrected chi connectivity index (χ1v) is 6.12. The molecular formula is C13H19FN2O. The van der Waals surface area contributed by atoms with Crippen LogP contribution in [0.1, 0.15) is 26.2 Å². The zero-order valence-corrected chi connectivity index (χ0v) is 10.3. The number of halogens is 1. The second kappa shape index (κ2) is 5.25. The minimum absolute atomic E-state index is 0.286. The molecule has 0 aromatic heterocycles. The molecular weight excluding hydrogens is 219 g/mol. The van der Waals surface area contributed by atoms with E-state index in [1.165, 1.54) is 26.0 Å². The number of hydrogen-bond donors (Lipinski definition) is 2. The molecule has 0 amide bonds. The summed E-state index contributed by atoms with van der Waals surface area (Å²) in [5.74, 6) is -0.0400. The highest BCUT2D eigenvalue weighted by Crippen LogP contribution is 2.33. The lowest BCUT2D eigenvalue weighted by molar-refractivity contribution is 0.386. The van der Waals surface area contributed by atoms with Crippen molar-refractivity contribution in [3.63, 3.8) is 0 Å². The number of nitrogens with one attached hydrogen (secondary N) is 2. The number of anilines is 2. The molecule has 1 unspecified atom stereocenters. The molecule has 0 spiro atoms. The highest BCUT2D eigenvalue weighted by Gasteiger charge is 2.19. The van der Waals surface area contributed by atoms with E-state index >= 15 is 0 Å². The minimum atomic E-state index is -0.326. The maximum absolute atomic E-state index is 13.5. The van der Waals surface area contributed by atoms with Crippen LogP contribution >= 0.6 is 0 Å². The van der Waals surface area contributed by atoms with Gasteiger partial charge in [-0.2, -0.15) is 0 Å². The Hall–Kier alpha value is -1.45. The van der Waals surface area contributed by atoms with Gasteiger partial charge in [0.25, 0.3) is 0 Å². The fourth-order valence-corrected chi connectivity index (χ4v) is 2.10. The molecule has 1 aromatic carbocycles. The lowest BCUT2D eigenvalue weighted by atomic mass is 10.1. The van der Waals surface area contributed by atoms with Crippen molar-refractivity contribution < 1.29 is 9.13 Å². The van der Waals surface area contributed by atoms with Crippen molar-refractivity contribution >= 4 is 11.4 Å². The Morgan fingerprint density at radius 2 is 2.24 bits per heavy atom. The number of methoxy groups -OCH3 is 1. The first-order valence-electron chi connectivity index (χ1n) is 6.12. The standard InChI is InChI=1S/C13H19FN2O/c1-3-4-5-9-8-15-11-6-10(14)13(17-2)7-12(11)16-9/h6-7,9,15-16H,3-5,8H2,1-2H3. The highest BCUT2D eigenvalue weighted by atomic mass is 19.1. The van der Waals surface area contributed by atoms with E-state index in [1.54, 1.807) is 6.07 Å². The molecule has 0 radical (unpaired) electrons. The van der Waals surface area contributed by atoms with Crippen molar-refractivity contribution in [3.05, 3.63) is 17.9 Å². The first-order chi connectivity index (χ1) is 8.24. The number of hydrogen-bond acceptors (Lipinski definition) is 3. The van der Waals surface area contributed by atoms with Crippen molar-refractivity contribution in [1.29, 1.82) is 0 Å². The lowest BCUT2D eigenvalue weighted by Gasteiger charge is -2.28. The van der Waals surface area contributed by atoms with Crippen LogP contribution in [0.5, 0.6) is 5.75 Å². The van der Waals surface area contributed by atoms with Crippen LogP contribution in [0.3, 0.4) is 0 Å². The SMILES string of the molecule is CCCCC1CNc2cc(F)c(OC)cc2N1. The van der Waals surface area contributed by atoms with Crippen LogP contribution in [0.4, 0.5) is 15.8 Å². The summed E-state index contributed by atoms with van der Waals surface area (Å²) in [6, 6.07) is 3.62. The third-order valence-corrected chi connectivity index (χ3v) is 3.10. The minimum Gasteiger partial charge on any atom is -0.494 e. The molecule has 1 aliphatic heterocycles. The molecule has 4 heteroatoms. The van der Waals surface area contributed by atoms with Crippen LogP contribution in [-0.2, 0) is 0 Å². The van der Waals surface area contributed by atoms with Gasteiger partial charge in [-0.1, -0.05) is 19.8 Å². The number of unbranched alkanes of at least 4 members (excludes halogenated alkanes) is 1. The fourth-order valence-electron chi connectivity index (χ4n) is 2.10. The molecule has 0 fully saturated rings. The van der Waals surface area contributed by atoms with Gasteiger partial charge in [0.2, 0.25) is 0 Å². The predicted molar refractivity (Wildman–Crippen MR) is 68.4 cm³/mol. The molecule has 0 saturated carbocycles. The maximum Gasteiger partial charge on any atom is 0.167 e. The molecule has 1 atom stereocenters. The molecule has 1 aromatic rings. The van der Waals surface area contributed by atoms with Gasteiger partial charge in [-0.3, -0.25) is 0 Å². The Bertz CT molecular complexity index is 395. The van der Waals surface area contributed by atoms with E-state index in [1.807, 2.05) is 0 Å². The summed E-state index contributed by atoms with van der Waals surface area (Å²) >= 11 is 0. The van der Waals surface area contributed by atoms with Crippen LogP contribution in [-0.4, -0.2) is 19.7 Å². The van der Waals surface area contributed by atoms with E-state index in [0.29, 0.717) is 6.04 Å². The monoisotopic (exact) mass is 238 g/mol. The summed E-state index contributed by atoms with van der Waals surface area (Å²) in [7, 11) is 1.48. The largest absolute Gasteiger partial charge is 0.494 e. The van der Waals surface area contributed by atoms with Crippen molar-refractivity contribution in [1.82, 2.24) is 0 Å². The van der Waals surface area contributed by atoms with Crippen LogP contribution in [0, 0.1) is 5.82 Å². The maximum atomic E-state index is 13.5. The summed E-state index contributed by atoms with van der Waals surface area (Å²) in [5.41, 5.74) is 1.74. The van der Waals surface area contributed by atoms with Crippen molar-refractivity contribution in [2.75, 3.05) is 24.3 Å². The van der Waals surface area contributed by atoms with Gasteiger partial charge in [0, 0.05) is 24.7 Å². The second-order valence-electron chi connectivity index (χ2n) is 4.40. The zero-order chi connectivity index (χ0) is 12.3. The van der Waals surface area contributed by atoms with Gasteiger partial charge in [-0.15, -0.1) is 0 Å². The Labute approximate surface area is 101 Å².